The molecular weight excluding hydrogens is 174 g/mol. The molecule has 1 heterocycles. The molecule has 0 bridgehead atoms. The van der Waals surface area contributed by atoms with Crippen molar-refractivity contribution in [2.24, 2.45) is 0 Å². The fraction of sp³-hybridized carbons (Fsp3) is 0.750. The van der Waals surface area contributed by atoms with E-state index in [-0.39, 0.29) is 0 Å². The average molecular weight is 186 g/mol. The maximum Gasteiger partial charge on any atom is 0.147 e. The molecule has 0 atom stereocenters. The van der Waals surface area contributed by atoms with Crippen molar-refractivity contribution < 1.29 is 0 Å². The highest BCUT2D eigenvalue weighted by atomic mass is 35.5. The first-order chi connectivity index (χ1) is 5.88. The van der Waals surface area contributed by atoms with Gasteiger partial charge in [-0.2, -0.15) is 0 Å². The molecule has 0 aromatic carbocycles. The Hall–Kier alpha value is -0.570. The molecule has 12 heavy (non-hydrogen) atoms. The van der Waals surface area contributed by atoms with Crippen molar-refractivity contribution in [3.8, 4) is 0 Å². The van der Waals surface area contributed by atoms with E-state index in [2.05, 4.69) is 10.3 Å². The molecule has 1 aliphatic rings. The van der Waals surface area contributed by atoms with Gasteiger partial charge in [0.1, 0.15) is 5.15 Å². The molecule has 0 aliphatic heterocycles. The highest BCUT2D eigenvalue weighted by Crippen LogP contribution is 2.29. The van der Waals surface area contributed by atoms with Gasteiger partial charge in [0.05, 0.1) is 12.2 Å². The SMILES string of the molecule is Clc1cnnn1C1CCCCC1. The number of nitrogens with zero attached hydrogens (tertiary/aromatic N) is 3. The zero-order valence-electron chi connectivity index (χ0n) is 6.91. The van der Waals surface area contributed by atoms with Crippen LogP contribution < -0.4 is 0 Å². The smallest absolute Gasteiger partial charge is 0.147 e. The minimum atomic E-state index is 0.494. The fourth-order valence-electron chi connectivity index (χ4n) is 1.80. The fourth-order valence-corrected chi connectivity index (χ4v) is 2.02. The summed E-state index contributed by atoms with van der Waals surface area (Å²) >= 11 is 5.91. The van der Waals surface area contributed by atoms with Crippen LogP contribution in [0.4, 0.5) is 0 Å². The average Bonchev–Trinajstić information content (AvgIpc) is 2.53. The van der Waals surface area contributed by atoms with E-state index in [9.17, 15) is 0 Å². The van der Waals surface area contributed by atoms with E-state index >= 15 is 0 Å². The van der Waals surface area contributed by atoms with E-state index in [0.29, 0.717) is 11.2 Å². The molecule has 3 nitrogen and oxygen atoms in total. The number of hydrogen-bond donors (Lipinski definition) is 0. The molecule has 1 aromatic rings. The maximum atomic E-state index is 5.91. The molecule has 4 heteroatoms. The molecule has 1 aromatic heterocycles. The zero-order valence-corrected chi connectivity index (χ0v) is 7.67. The summed E-state index contributed by atoms with van der Waals surface area (Å²) in [4.78, 5) is 0. The summed E-state index contributed by atoms with van der Waals surface area (Å²) in [6, 6.07) is 0.494. The highest BCUT2D eigenvalue weighted by Gasteiger charge is 2.17. The largest absolute Gasteiger partial charge is 0.231 e. The van der Waals surface area contributed by atoms with Crippen molar-refractivity contribution in [1.29, 1.82) is 0 Å². The third-order valence-corrected chi connectivity index (χ3v) is 2.72. The maximum absolute atomic E-state index is 5.91. The normalized spacial score (nSPS) is 19.8. The molecule has 0 radical (unpaired) electrons. The second-order valence-corrected chi connectivity index (χ2v) is 3.68. The van der Waals surface area contributed by atoms with Crippen LogP contribution in [-0.2, 0) is 0 Å². The minimum absolute atomic E-state index is 0.494. The van der Waals surface area contributed by atoms with Crippen LogP contribution in [0.5, 0.6) is 0 Å². The number of aromatic nitrogens is 3. The van der Waals surface area contributed by atoms with Crippen molar-refractivity contribution in [3.63, 3.8) is 0 Å². The van der Waals surface area contributed by atoms with Gasteiger partial charge in [-0.25, -0.2) is 4.68 Å². The van der Waals surface area contributed by atoms with Crippen LogP contribution in [0.3, 0.4) is 0 Å². The third kappa shape index (κ3) is 1.46. The lowest BCUT2D eigenvalue weighted by Crippen LogP contribution is -2.14. The van der Waals surface area contributed by atoms with Gasteiger partial charge in [-0.3, -0.25) is 0 Å². The Morgan fingerprint density at radius 1 is 1.33 bits per heavy atom. The summed E-state index contributed by atoms with van der Waals surface area (Å²) in [7, 11) is 0. The van der Waals surface area contributed by atoms with Gasteiger partial charge in [0.2, 0.25) is 0 Å². The summed E-state index contributed by atoms with van der Waals surface area (Å²) in [6.07, 6.45) is 7.94. The van der Waals surface area contributed by atoms with Gasteiger partial charge in [-0.15, -0.1) is 5.10 Å². The summed E-state index contributed by atoms with van der Waals surface area (Å²) in [6.45, 7) is 0. The summed E-state index contributed by atoms with van der Waals surface area (Å²) in [5.41, 5.74) is 0. The van der Waals surface area contributed by atoms with Crippen LogP contribution in [0.25, 0.3) is 0 Å². The van der Waals surface area contributed by atoms with Crippen LogP contribution in [0.2, 0.25) is 5.15 Å². The standard InChI is InChI=1S/C8H12ClN3/c9-8-6-10-11-12(8)7-4-2-1-3-5-7/h6-7H,1-5H2. The van der Waals surface area contributed by atoms with Gasteiger partial charge in [-0.1, -0.05) is 36.1 Å². The zero-order chi connectivity index (χ0) is 8.39. The summed E-state index contributed by atoms with van der Waals surface area (Å²) in [5.74, 6) is 0. The van der Waals surface area contributed by atoms with Gasteiger partial charge >= 0.3 is 0 Å². The second-order valence-electron chi connectivity index (χ2n) is 3.29. The van der Waals surface area contributed by atoms with Crippen molar-refractivity contribution >= 4 is 11.6 Å². The third-order valence-electron chi connectivity index (χ3n) is 2.45. The topological polar surface area (TPSA) is 30.7 Å². The van der Waals surface area contributed by atoms with Crippen LogP contribution in [0.1, 0.15) is 38.1 Å². The quantitative estimate of drug-likeness (QED) is 0.673. The molecule has 66 valence electrons. The molecule has 0 saturated heterocycles. The Morgan fingerprint density at radius 2 is 2.08 bits per heavy atom. The van der Waals surface area contributed by atoms with E-state index in [1.165, 1.54) is 32.1 Å². The van der Waals surface area contributed by atoms with E-state index in [0.717, 1.165) is 0 Å². The van der Waals surface area contributed by atoms with Crippen LogP contribution >= 0.6 is 11.6 Å². The Labute approximate surface area is 76.7 Å². The van der Waals surface area contributed by atoms with Crippen molar-refractivity contribution in [3.05, 3.63) is 11.3 Å². The number of rotatable bonds is 1. The van der Waals surface area contributed by atoms with Gasteiger partial charge in [0.15, 0.2) is 0 Å². The molecule has 0 N–H and O–H groups in total. The molecular formula is C8H12ClN3. The number of hydrogen-bond acceptors (Lipinski definition) is 2. The lowest BCUT2D eigenvalue weighted by molar-refractivity contribution is 0.324. The van der Waals surface area contributed by atoms with Crippen LogP contribution in [0, 0.1) is 0 Å². The van der Waals surface area contributed by atoms with Crippen molar-refractivity contribution in [1.82, 2.24) is 15.0 Å². The van der Waals surface area contributed by atoms with Gasteiger partial charge in [0.25, 0.3) is 0 Å². The first-order valence-electron chi connectivity index (χ1n) is 4.43. The van der Waals surface area contributed by atoms with E-state index in [4.69, 9.17) is 11.6 Å². The second kappa shape index (κ2) is 3.44. The van der Waals surface area contributed by atoms with Crippen LogP contribution in [-0.4, -0.2) is 15.0 Å². The van der Waals surface area contributed by atoms with E-state index in [1.54, 1.807) is 6.20 Å². The minimum Gasteiger partial charge on any atom is -0.231 e. The first-order valence-corrected chi connectivity index (χ1v) is 4.81. The molecule has 1 aliphatic carbocycles. The first kappa shape index (κ1) is 8.05. The van der Waals surface area contributed by atoms with Gasteiger partial charge in [-0.05, 0) is 12.8 Å². The molecule has 0 spiro atoms. The lowest BCUT2D eigenvalue weighted by Gasteiger charge is -2.21. The Kier molecular flexibility index (Phi) is 2.30. The molecule has 1 fully saturated rings. The van der Waals surface area contributed by atoms with Gasteiger partial charge < -0.3 is 0 Å². The predicted molar refractivity (Wildman–Crippen MR) is 47.2 cm³/mol. The number of halogens is 1. The van der Waals surface area contributed by atoms with Gasteiger partial charge in [0, 0.05) is 0 Å². The van der Waals surface area contributed by atoms with E-state index in [1.807, 2.05) is 4.68 Å². The van der Waals surface area contributed by atoms with E-state index < -0.39 is 0 Å². The Bertz CT molecular complexity index is 253. The molecule has 2 rings (SSSR count). The van der Waals surface area contributed by atoms with Crippen molar-refractivity contribution in [2.45, 2.75) is 38.1 Å². The molecule has 1 saturated carbocycles. The predicted octanol–water partition coefficient (Wildman–Crippen LogP) is 2.44. The Morgan fingerprint density at radius 3 is 2.67 bits per heavy atom. The van der Waals surface area contributed by atoms with Crippen LogP contribution in [0.15, 0.2) is 6.20 Å². The molecule has 0 amide bonds. The molecule has 0 unspecified atom stereocenters. The van der Waals surface area contributed by atoms with Crippen molar-refractivity contribution in [2.75, 3.05) is 0 Å². The summed E-state index contributed by atoms with van der Waals surface area (Å²) in [5, 5.41) is 8.42. The lowest BCUT2D eigenvalue weighted by atomic mass is 9.96. The summed E-state index contributed by atoms with van der Waals surface area (Å²) < 4.78 is 1.85. The highest BCUT2D eigenvalue weighted by molar-refractivity contribution is 6.29. The Balaban J connectivity index is 2.13. The monoisotopic (exact) mass is 185 g/mol.